The van der Waals surface area contributed by atoms with Gasteiger partial charge in [0.25, 0.3) is 0 Å². The monoisotopic (exact) mass is 468 g/mol. The fraction of sp³-hybridized carbons (Fsp3) is 0.316. The van der Waals surface area contributed by atoms with Crippen LogP contribution in [0, 0.1) is 0 Å². The van der Waals surface area contributed by atoms with Crippen LogP contribution < -0.4 is 19.1 Å². The van der Waals surface area contributed by atoms with E-state index in [4.69, 9.17) is 9.47 Å². The predicted octanol–water partition coefficient (Wildman–Crippen LogP) is 2.86. The van der Waals surface area contributed by atoms with E-state index in [0.29, 0.717) is 34.9 Å². The minimum atomic E-state index is -3.64. The molecular weight excluding hydrogens is 448 g/mol. The second-order valence-electron chi connectivity index (χ2n) is 6.41. The van der Waals surface area contributed by atoms with Gasteiger partial charge in [0.15, 0.2) is 11.5 Å². The average Bonchev–Trinajstić information content (AvgIpc) is 2.65. The first-order valence-corrected chi connectivity index (χ1v) is 11.3. The van der Waals surface area contributed by atoms with Gasteiger partial charge in [0.05, 0.1) is 18.0 Å². The smallest absolute Gasteiger partial charge is 0.241 e. The van der Waals surface area contributed by atoms with Crippen LogP contribution in [0.25, 0.3) is 0 Å². The van der Waals surface area contributed by atoms with Crippen LogP contribution in [0.5, 0.6) is 11.5 Å². The molecule has 0 spiro atoms. The highest BCUT2D eigenvalue weighted by atomic mass is 79.9. The van der Waals surface area contributed by atoms with Gasteiger partial charge in [-0.25, -0.2) is 8.42 Å². The van der Waals surface area contributed by atoms with Crippen LogP contribution in [0.2, 0.25) is 0 Å². The fourth-order valence-electron chi connectivity index (χ4n) is 2.87. The van der Waals surface area contributed by atoms with Crippen molar-refractivity contribution in [2.75, 3.05) is 30.3 Å². The van der Waals surface area contributed by atoms with Crippen LogP contribution in [-0.2, 0) is 14.8 Å². The van der Waals surface area contributed by atoms with Gasteiger partial charge in [-0.2, -0.15) is 0 Å². The molecule has 0 fully saturated rings. The Balaban J connectivity index is 1.73. The molecule has 7 nitrogen and oxygen atoms in total. The van der Waals surface area contributed by atoms with Gasteiger partial charge in [0.2, 0.25) is 15.9 Å². The lowest BCUT2D eigenvalue weighted by atomic mass is 10.1. The summed E-state index contributed by atoms with van der Waals surface area (Å²) in [7, 11) is -3.64. The van der Waals surface area contributed by atoms with Gasteiger partial charge >= 0.3 is 0 Å². The van der Waals surface area contributed by atoms with E-state index in [1.54, 1.807) is 30.3 Å². The van der Waals surface area contributed by atoms with Gasteiger partial charge in [-0.15, -0.1) is 0 Å². The van der Waals surface area contributed by atoms with Gasteiger partial charge in [-0.05, 0) is 52.7 Å². The molecule has 9 heteroatoms. The van der Waals surface area contributed by atoms with Crippen LogP contribution in [0.3, 0.4) is 0 Å². The molecule has 2 aromatic carbocycles. The van der Waals surface area contributed by atoms with Crippen molar-refractivity contribution in [2.24, 2.45) is 0 Å². The molecule has 0 saturated heterocycles. The summed E-state index contributed by atoms with van der Waals surface area (Å²) in [5.41, 5.74) is 1.25. The number of carbonyl (C=O) groups excluding carboxylic acids is 1. The number of halogens is 1. The molecule has 0 aromatic heterocycles. The van der Waals surface area contributed by atoms with E-state index in [2.05, 4.69) is 21.2 Å². The highest BCUT2D eigenvalue weighted by Gasteiger charge is 2.24. The van der Waals surface area contributed by atoms with E-state index >= 15 is 0 Å². The molecule has 1 atom stereocenters. The Bertz CT molecular complexity index is 980. The fourth-order valence-corrected chi connectivity index (χ4v) is 4.35. The maximum Gasteiger partial charge on any atom is 0.241 e. The Morgan fingerprint density at radius 2 is 1.86 bits per heavy atom. The zero-order valence-electron chi connectivity index (χ0n) is 15.5. The molecule has 0 saturated carbocycles. The Labute approximate surface area is 172 Å². The summed E-state index contributed by atoms with van der Waals surface area (Å²) < 4.78 is 37.2. The molecule has 0 radical (unpaired) electrons. The summed E-state index contributed by atoms with van der Waals surface area (Å²) in [5, 5.41) is 2.84. The molecule has 150 valence electrons. The molecule has 0 bridgehead atoms. The Hall–Kier alpha value is -2.26. The molecule has 1 unspecified atom stereocenters. The third kappa shape index (κ3) is 4.77. The van der Waals surface area contributed by atoms with Gasteiger partial charge in [-0.1, -0.05) is 18.2 Å². The van der Waals surface area contributed by atoms with Crippen molar-refractivity contribution in [1.29, 1.82) is 0 Å². The predicted molar refractivity (Wildman–Crippen MR) is 110 cm³/mol. The minimum Gasteiger partial charge on any atom is -0.486 e. The summed E-state index contributed by atoms with van der Waals surface area (Å²) in [5.74, 6) is 0.894. The van der Waals surface area contributed by atoms with Crippen LogP contribution in [0.1, 0.15) is 18.5 Å². The molecule has 28 heavy (non-hydrogen) atoms. The first kappa shape index (κ1) is 20.5. The molecule has 1 aliphatic heterocycles. The first-order chi connectivity index (χ1) is 13.3. The summed E-state index contributed by atoms with van der Waals surface area (Å²) in [6, 6.07) is 12.0. The van der Waals surface area contributed by atoms with E-state index in [9.17, 15) is 13.2 Å². The standard InChI is InChI=1S/C19H21BrN2O5S/c1-13(14-7-8-17-18(11-14)27-10-9-26-17)21-19(23)12-22(28(2,24)25)16-6-4-3-5-15(16)20/h3-8,11,13H,9-10,12H2,1-2H3,(H,21,23). The normalized spacial score (nSPS) is 14.2. The molecule has 1 amide bonds. The zero-order valence-corrected chi connectivity index (χ0v) is 17.9. The quantitative estimate of drug-likeness (QED) is 0.704. The Kier molecular flexibility index (Phi) is 6.14. The number of nitrogens with one attached hydrogen (secondary N) is 1. The lowest BCUT2D eigenvalue weighted by Gasteiger charge is -2.24. The van der Waals surface area contributed by atoms with Crippen LogP contribution >= 0.6 is 15.9 Å². The number of para-hydroxylation sites is 1. The highest BCUT2D eigenvalue weighted by Crippen LogP contribution is 2.32. The number of fused-ring (bicyclic) bond motifs is 1. The number of sulfonamides is 1. The van der Waals surface area contributed by atoms with Crippen molar-refractivity contribution in [3.05, 3.63) is 52.5 Å². The molecular formula is C19H21BrN2O5S. The maximum atomic E-state index is 12.6. The lowest BCUT2D eigenvalue weighted by Crippen LogP contribution is -2.41. The largest absolute Gasteiger partial charge is 0.486 e. The number of hydrogen-bond acceptors (Lipinski definition) is 5. The van der Waals surface area contributed by atoms with E-state index in [0.717, 1.165) is 16.1 Å². The van der Waals surface area contributed by atoms with Crippen molar-refractivity contribution in [3.8, 4) is 11.5 Å². The van der Waals surface area contributed by atoms with Crippen molar-refractivity contribution >= 4 is 37.5 Å². The minimum absolute atomic E-state index is 0.323. The van der Waals surface area contributed by atoms with Gasteiger partial charge in [-0.3, -0.25) is 9.10 Å². The van der Waals surface area contributed by atoms with Crippen LogP contribution in [0.4, 0.5) is 5.69 Å². The molecule has 0 aliphatic carbocycles. The van der Waals surface area contributed by atoms with E-state index in [-0.39, 0.29) is 12.6 Å². The lowest BCUT2D eigenvalue weighted by molar-refractivity contribution is -0.120. The van der Waals surface area contributed by atoms with E-state index in [1.807, 2.05) is 19.1 Å². The van der Waals surface area contributed by atoms with Gasteiger partial charge in [0, 0.05) is 4.47 Å². The number of hydrogen-bond donors (Lipinski definition) is 1. The number of anilines is 1. The van der Waals surface area contributed by atoms with Gasteiger partial charge < -0.3 is 14.8 Å². The third-order valence-electron chi connectivity index (χ3n) is 4.25. The number of carbonyl (C=O) groups is 1. The van der Waals surface area contributed by atoms with Crippen molar-refractivity contribution in [1.82, 2.24) is 5.32 Å². The molecule has 1 N–H and O–H groups in total. The molecule has 3 rings (SSSR count). The second-order valence-corrected chi connectivity index (χ2v) is 9.17. The van der Waals surface area contributed by atoms with Crippen LogP contribution in [-0.4, -0.2) is 40.3 Å². The van der Waals surface area contributed by atoms with E-state index in [1.165, 1.54) is 0 Å². The van der Waals surface area contributed by atoms with Gasteiger partial charge in [0.1, 0.15) is 19.8 Å². The average molecular weight is 469 g/mol. The second kappa shape index (κ2) is 8.40. The summed E-state index contributed by atoms with van der Waals surface area (Å²) >= 11 is 3.34. The zero-order chi connectivity index (χ0) is 20.3. The van der Waals surface area contributed by atoms with Crippen LogP contribution in [0.15, 0.2) is 46.9 Å². The van der Waals surface area contributed by atoms with Crippen molar-refractivity contribution < 1.29 is 22.7 Å². The molecule has 2 aromatic rings. The van der Waals surface area contributed by atoms with Crippen molar-refractivity contribution in [2.45, 2.75) is 13.0 Å². The summed E-state index contributed by atoms with van der Waals surface area (Å²) in [6.45, 7) is 2.49. The SMILES string of the molecule is CC(NC(=O)CN(c1ccccc1Br)S(C)(=O)=O)c1ccc2c(c1)OCCO2. The van der Waals surface area contributed by atoms with Crippen molar-refractivity contribution in [3.63, 3.8) is 0 Å². The molecule has 1 heterocycles. The number of nitrogens with zero attached hydrogens (tertiary/aromatic N) is 1. The first-order valence-electron chi connectivity index (χ1n) is 8.67. The topological polar surface area (TPSA) is 84.9 Å². The number of amides is 1. The van der Waals surface area contributed by atoms with E-state index < -0.39 is 15.9 Å². The number of rotatable bonds is 6. The maximum absolute atomic E-state index is 12.6. The number of ether oxygens (including phenoxy) is 2. The highest BCUT2D eigenvalue weighted by molar-refractivity contribution is 9.10. The third-order valence-corrected chi connectivity index (χ3v) is 6.05. The summed E-state index contributed by atoms with van der Waals surface area (Å²) in [4.78, 5) is 12.6. The summed E-state index contributed by atoms with van der Waals surface area (Å²) in [6.07, 6.45) is 1.07. The Morgan fingerprint density at radius 1 is 1.18 bits per heavy atom. The number of benzene rings is 2. The Morgan fingerprint density at radius 3 is 2.54 bits per heavy atom. The molecule has 1 aliphatic rings.